The third-order valence-electron chi connectivity index (χ3n) is 5.39. The monoisotopic (exact) mass is 430 g/mol. The molecule has 0 aromatic heterocycles. The molecule has 1 heterocycles. The molecule has 3 atom stereocenters. The summed E-state index contributed by atoms with van der Waals surface area (Å²) in [5.74, 6) is 1.48. The first-order chi connectivity index (χ1) is 14.8. The number of aliphatic hydroxyl groups is 1. The third kappa shape index (κ3) is 4.68. The second-order valence-electron chi connectivity index (χ2n) is 7.50. The van der Waals surface area contributed by atoms with E-state index < -0.39 is 24.0 Å². The number of anilines is 1. The summed E-state index contributed by atoms with van der Waals surface area (Å²) >= 11 is 0. The van der Waals surface area contributed by atoms with Crippen molar-refractivity contribution in [1.29, 1.82) is 0 Å². The predicted octanol–water partition coefficient (Wildman–Crippen LogP) is 1.55. The lowest BCUT2D eigenvalue weighted by molar-refractivity contribution is -0.238. The van der Waals surface area contributed by atoms with Gasteiger partial charge in [0.15, 0.2) is 17.9 Å². The molecule has 6 N–H and O–H groups in total. The summed E-state index contributed by atoms with van der Waals surface area (Å²) < 4.78 is 22.1. The van der Waals surface area contributed by atoms with E-state index in [1.807, 2.05) is 24.3 Å². The van der Waals surface area contributed by atoms with Gasteiger partial charge >= 0.3 is 0 Å². The summed E-state index contributed by atoms with van der Waals surface area (Å²) in [6.07, 6.45) is -1.91. The largest absolute Gasteiger partial charge is 0.497 e. The van der Waals surface area contributed by atoms with Gasteiger partial charge in [-0.2, -0.15) is 0 Å². The fourth-order valence-corrected chi connectivity index (χ4v) is 3.72. The van der Waals surface area contributed by atoms with Crippen LogP contribution in [0.1, 0.15) is 24.1 Å². The average molecular weight is 431 g/mol. The Morgan fingerprint density at radius 3 is 2.48 bits per heavy atom. The van der Waals surface area contributed by atoms with Gasteiger partial charge in [-0.1, -0.05) is 12.1 Å². The zero-order valence-corrected chi connectivity index (χ0v) is 18.2. The number of methoxy groups -OCH3 is 3. The molecule has 0 spiro atoms. The van der Waals surface area contributed by atoms with Crippen LogP contribution in [-0.2, 0) is 16.0 Å². The van der Waals surface area contributed by atoms with E-state index in [9.17, 15) is 5.11 Å². The Labute approximate surface area is 182 Å². The molecule has 2 aromatic rings. The van der Waals surface area contributed by atoms with Crippen LogP contribution in [0.5, 0.6) is 11.5 Å². The molecule has 0 amide bonds. The van der Waals surface area contributed by atoms with Crippen LogP contribution in [0.2, 0.25) is 0 Å². The van der Waals surface area contributed by atoms with Crippen LogP contribution in [0.3, 0.4) is 0 Å². The summed E-state index contributed by atoms with van der Waals surface area (Å²) in [5, 5.41) is 14.3. The fourth-order valence-electron chi connectivity index (χ4n) is 3.72. The van der Waals surface area contributed by atoms with E-state index in [0.29, 0.717) is 23.5 Å². The number of hydrogen-bond acceptors (Lipinski definition) is 7. The van der Waals surface area contributed by atoms with Crippen molar-refractivity contribution in [2.45, 2.75) is 37.5 Å². The quantitative estimate of drug-likeness (QED) is 0.225. The number of aliphatic imine (C=N–C) groups is 1. The summed E-state index contributed by atoms with van der Waals surface area (Å²) in [6, 6.07) is 12.1. The summed E-state index contributed by atoms with van der Waals surface area (Å²) in [4.78, 5) is 4.40. The average Bonchev–Trinajstić information content (AvgIpc) is 2.77. The fraction of sp³-hybridized carbons (Fsp3) is 0.409. The molecule has 0 bridgehead atoms. The minimum Gasteiger partial charge on any atom is -0.497 e. The molecule has 2 aromatic carbocycles. The highest BCUT2D eigenvalue weighted by molar-refractivity contribution is 5.78. The number of nitrogens with two attached hydrogens (primary N) is 2. The number of guanidine groups is 1. The van der Waals surface area contributed by atoms with Crippen LogP contribution in [0, 0.1) is 0 Å². The number of ether oxygens (including phenoxy) is 4. The maximum atomic E-state index is 11.2. The second kappa shape index (κ2) is 9.42. The van der Waals surface area contributed by atoms with E-state index in [2.05, 4.69) is 10.3 Å². The molecule has 0 aliphatic carbocycles. The van der Waals surface area contributed by atoms with Gasteiger partial charge in [0.2, 0.25) is 0 Å². The van der Waals surface area contributed by atoms with E-state index >= 15 is 0 Å². The minimum atomic E-state index is -1.21. The molecule has 3 unspecified atom stereocenters. The van der Waals surface area contributed by atoms with Crippen molar-refractivity contribution >= 4 is 11.6 Å². The van der Waals surface area contributed by atoms with Crippen LogP contribution < -0.4 is 26.3 Å². The van der Waals surface area contributed by atoms with Crippen LogP contribution in [0.25, 0.3) is 0 Å². The smallest absolute Gasteiger partial charge is 0.199 e. The van der Waals surface area contributed by atoms with Crippen molar-refractivity contribution in [2.24, 2.45) is 10.7 Å². The Balaban J connectivity index is 1.87. The molecule has 3 rings (SSSR count). The summed E-state index contributed by atoms with van der Waals surface area (Å²) in [7, 11) is 4.59. The van der Waals surface area contributed by atoms with Crippen molar-refractivity contribution in [1.82, 2.24) is 5.32 Å². The molecule has 168 valence electrons. The van der Waals surface area contributed by atoms with Crippen molar-refractivity contribution < 1.29 is 24.1 Å². The van der Waals surface area contributed by atoms with Gasteiger partial charge in [0, 0.05) is 25.5 Å². The molecule has 0 saturated heterocycles. The molecule has 9 heteroatoms. The number of nitrogens with one attached hydrogen (secondary N) is 1. The Morgan fingerprint density at radius 1 is 1.19 bits per heavy atom. The molecule has 0 saturated carbocycles. The van der Waals surface area contributed by atoms with Gasteiger partial charge in [0.05, 0.1) is 19.7 Å². The zero-order chi connectivity index (χ0) is 22.6. The number of fused-ring (bicyclic) bond motifs is 1. The highest BCUT2D eigenvalue weighted by atomic mass is 16.7. The van der Waals surface area contributed by atoms with Crippen molar-refractivity contribution in [2.75, 3.05) is 27.1 Å². The van der Waals surface area contributed by atoms with Crippen LogP contribution in [0.15, 0.2) is 47.5 Å². The summed E-state index contributed by atoms with van der Waals surface area (Å²) in [6.45, 7) is 2.08. The SMILES string of the molecule is COc1ccc(CN=C(N)NC2c3cc(N)ccc3OC(C)(C(OC)OC)C2O)cc1. The topological polar surface area (TPSA) is 134 Å². The lowest BCUT2D eigenvalue weighted by atomic mass is 9.84. The van der Waals surface area contributed by atoms with Gasteiger partial charge in [-0.15, -0.1) is 0 Å². The number of hydrogen-bond donors (Lipinski definition) is 4. The van der Waals surface area contributed by atoms with Gasteiger partial charge in [0.1, 0.15) is 17.6 Å². The van der Waals surface area contributed by atoms with Gasteiger partial charge in [-0.05, 0) is 42.8 Å². The number of rotatable bonds is 7. The van der Waals surface area contributed by atoms with Crippen LogP contribution in [0.4, 0.5) is 5.69 Å². The first-order valence-electron chi connectivity index (χ1n) is 9.83. The Bertz CT molecular complexity index is 917. The molecule has 9 nitrogen and oxygen atoms in total. The molecule has 1 aliphatic rings. The van der Waals surface area contributed by atoms with Gasteiger partial charge in [0.25, 0.3) is 0 Å². The second-order valence-corrected chi connectivity index (χ2v) is 7.50. The van der Waals surface area contributed by atoms with Crippen molar-refractivity contribution in [3.63, 3.8) is 0 Å². The standard InChI is InChI=1S/C22H30N4O5/c1-22(20(29-3)30-4)19(27)18(16-11-14(23)7-10-17(16)31-22)26-21(24)25-12-13-5-8-15(28-2)9-6-13/h5-11,18-20,27H,12,23H2,1-4H3,(H3,24,25,26). The zero-order valence-electron chi connectivity index (χ0n) is 18.2. The maximum Gasteiger partial charge on any atom is 0.199 e. The van der Waals surface area contributed by atoms with E-state index in [0.717, 1.165) is 11.3 Å². The maximum absolute atomic E-state index is 11.2. The lowest BCUT2D eigenvalue weighted by Crippen LogP contribution is -2.62. The van der Waals surface area contributed by atoms with E-state index in [1.165, 1.54) is 14.2 Å². The molecule has 0 fully saturated rings. The normalized spacial score (nSPS) is 23.2. The number of nitrogen functional groups attached to an aromatic ring is 1. The van der Waals surface area contributed by atoms with Crippen LogP contribution in [-0.4, -0.2) is 50.4 Å². The highest BCUT2D eigenvalue weighted by Gasteiger charge is 2.52. The Hall–Kier alpha value is -3.01. The van der Waals surface area contributed by atoms with Crippen molar-refractivity contribution in [3.05, 3.63) is 53.6 Å². The number of nitrogens with zero attached hydrogens (tertiary/aromatic N) is 1. The van der Waals surface area contributed by atoms with E-state index in [1.54, 1.807) is 32.2 Å². The number of aliphatic hydroxyl groups excluding tert-OH is 1. The Morgan fingerprint density at radius 2 is 1.87 bits per heavy atom. The molecule has 1 aliphatic heterocycles. The highest BCUT2D eigenvalue weighted by Crippen LogP contribution is 2.42. The first kappa shape index (κ1) is 22.7. The third-order valence-corrected chi connectivity index (χ3v) is 5.39. The lowest BCUT2D eigenvalue weighted by Gasteiger charge is -2.46. The first-order valence-corrected chi connectivity index (χ1v) is 9.83. The Kier molecular flexibility index (Phi) is 6.89. The van der Waals surface area contributed by atoms with Gasteiger partial charge in [-0.3, -0.25) is 0 Å². The summed E-state index contributed by atoms with van der Waals surface area (Å²) in [5.41, 5.74) is 13.1. The minimum absolute atomic E-state index is 0.170. The predicted molar refractivity (Wildman–Crippen MR) is 118 cm³/mol. The van der Waals surface area contributed by atoms with Crippen molar-refractivity contribution in [3.8, 4) is 11.5 Å². The van der Waals surface area contributed by atoms with E-state index in [4.69, 9.17) is 30.4 Å². The molecule has 0 radical (unpaired) electrons. The van der Waals surface area contributed by atoms with Gasteiger partial charge in [-0.25, -0.2) is 4.99 Å². The molecular formula is C22H30N4O5. The molecule has 31 heavy (non-hydrogen) atoms. The molecular weight excluding hydrogens is 400 g/mol. The number of benzene rings is 2. The van der Waals surface area contributed by atoms with E-state index in [-0.39, 0.29) is 5.96 Å². The van der Waals surface area contributed by atoms with Crippen LogP contribution >= 0.6 is 0 Å². The van der Waals surface area contributed by atoms with Gasteiger partial charge < -0.3 is 40.8 Å².